The topological polar surface area (TPSA) is 67.9 Å². The van der Waals surface area contributed by atoms with Gasteiger partial charge in [-0.1, -0.05) is 24.3 Å². The second-order valence-corrected chi connectivity index (χ2v) is 7.93. The Morgan fingerprint density at radius 1 is 1.06 bits per heavy atom. The molecule has 2 amide bonds. The summed E-state index contributed by atoms with van der Waals surface area (Å²) in [5, 5.41) is 2.85. The van der Waals surface area contributed by atoms with Crippen molar-refractivity contribution in [3.05, 3.63) is 88.7 Å². The van der Waals surface area contributed by atoms with Crippen LogP contribution < -0.4 is 14.8 Å². The lowest BCUT2D eigenvalue weighted by atomic mass is 10.0. The number of nitrogens with zero attached hydrogens (tertiary/aromatic N) is 1. The fraction of sp³-hybridized carbons (Fsp3) is 0.231. The van der Waals surface area contributed by atoms with Crippen molar-refractivity contribution in [1.29, 1.82) is 0 Å². The average molecular weight is 448 g/mol. The van der Waals surface area contributed by atoms with Gasteiger partial charge < -0.3 is 19.7 Å². The number of halogens is 1. The molecule has 0 saturated heterocycles. The van der Waals surface area contributed by atoms with E-state index < -0.39 is 6.04 Å². The number of methoxy groups -OCH3 is 2. The molecule has 33 heavy (non-hydrogen) atoms. The van der Waals surface area contributed by atoms with E-state index in [0.29, 0.717) is 34.9 Å². The highest BCUT2D eigenvalue weighted by Crippen LogP contribution is 2.37. The van der Waals surface area contributed by atoms with Crippen molar-refractivity contribution >= 4 is 17.5 Å². The minimum absolute atomic E-state index is 0.0199. The molecule has 1 N–H and O–H groups in total. The zero-order valence-electron chi connectivity index (χ0n) is 18.7. The summed E-state index contributed by atoms with van der Waals surface area (Å²) in [5.74, 6) is 0.292. The van der Waals surface area contributed by atoms with Crippen molar-refractivity contribution in [3.8, 4) is 11.5 Å². The van der Waals surface area contributed by atoms with Crippen LogP contribution in [0.5, 0.6) is 11.5 Å². The summed E-state index contributed by atoms with van der Waals surface area (Å²) in [7, 11) is 3.09. The predicted molar refractivity (Wildman–Crippen MR) is 123 cm³/mol. The molecule has 1 aliphatic heterocycles. The predicted octanol–water partition coefficient (Wildman–Crippen LogP) is 4.88. The van der Waals surface area contributed by atoms with Gasteiger partial charge in [-0.25, -0.2) is 4.39 Å². The molecule has 0 bridgehead atoms. The number of carbonyl (C=O) groups is 2. The maximum Gasteiger partial charge on any atom is 0.255 e. The van der Waals surface area contributed by atoms with Crippen molar-refractivity contribution in [3.63, 3.8) is 0 Å². The van der Waals surface area contributed by atoms with E-state index in [9.17, 15) is 14.0 Å². The molecule has 1 heterocycles. The zero-order valence-corrected chi connectivity index (χ0v) is 18.7. The smallest absolute Gasteiger partial charge is 0.255 e. The minimum Gasteiger partial charge on any atom is -0.493 e. The summed E-state index contributed by atoms with van der Waals surface area (Å²) >= 11 is 0. The summed E-state index contributed by atoms with van der Waals surface area (Å²) in [6.07, 6.45) is 0.0199. The van der Waals surface area contributed by atoms with E-state index in [2.05, 4.69) is 5.32 Å². The molecule has 3 aromatic carbocycles. The van der Waals surface area contributed by atoms with Gasteiger partial charge in [0.1, 0.15) is 5.82 Å². The van der Waals surface area contributed by atoms with Gasteiger partial charge in [0.15, 0.2) is 11.5 Å². The minimum atomic E-state index is -0.537. The molecule has 0 fully saturated rings. The van der Waals surface area contributed by atoms with Gasteiger partial charge in [-0.05, 0) is 60.0 Å². The van der Waals surface area contributed by atoms with Gasteiger partial charge in [0.2, 0.25) is 5.91 Å². The number of hydrogen-bond donors (Lipinski definition) is 1. The number of amides is 2. The number of nitrogens with one attached hydrogen (secondary N) is 1. The summed E-state index contributed by atoms with van der Waals surface area (Å²) < 4.78 is 24.2. The van der Waals surface area contributed by atoms with Crippen LogP contribution in [0.1, 0.15) is 39.5 Å². The Morgan fingerprint density at radius 2 is 1.82 bits per heavy atom. The van der Waals surface area contributed by atoms with Crippen LogP contribution in [-0.4, -0.2) is 30.9 Å². The first-order chi connectivity index (χ1) is 15.9. The number of benzene rings is 3. The maximum atomic E-state index is 13.4. The second kappa shape index (κ2) is 9.32. The highest BCUT2D eigenvalue weighted by Gasteiger charge is 2.35. The lowest BCUT2D eigenvalue weighted by Gasteiger charge is -2.28. The molecule has 4 rings (SSSR count). The van der Waals surface area contributed by atoms with Crippen LogP contribution in [0.3, 0.4) is 0 Å². The standard InChI is InChI=1S/C26H25FN2O4/c1-16-12-19(27)9-10-21(16)28-25(30)14-22(17-8-11-23(32-2)24(13-17)33-3)29-15-18-6-4-5-7-20(18)26(29)31/h4-13,22H,14-15H2,1-3H3,(H,28,30). The van der Waals surface area contributed by atoms with Gasteiger partial charge in [-0.3, -0.25) is 9.59 Å². The Labute approximate surface area is 191 Å². The van der Waals surface area contributed by atoms with Gasteiger partial charge in [-0.15, -0.1) is 0 Å². The first kappa shape index (κ1) is 22.3. The number of aryl methyl sites for hydroxylation is 1. The van der Waals surface area contributed by atoms with Crippen LogP contribution >= 0.6 is 0 Å². The van der Waals surface area contributed by atoms with Crippen LogP contribution in [-0.2, 0) is 11.3 Å². The molecule has 6 nitrogen and oxygen atoms in total. The molecular formula is C26H25FN2O4. The third-order valence-corrected chi connectivity index (χ3v) is 5.86. The van der Waals surface area contributed by atoms with Crippen LogP contribution in [0.4, 0.5) is 10.1 Å². The monoisotopic (exact) mass is 448 g/mol. The summed E-state index contributed by atoms with van der Waals surface area (Å²) in [6, 6.07) is 16.5. The highest BCUT2D eigenvalue weighted by atomic mass is 19.1. The van der Waals surface area contributed by atoms with Gasteiger partial charge >= 0.3 is 0 Å². The number of fused-ring (bicyclic) bond motifs is 1. The summed E-state index contributed by atoms with van der Waals surface area (Å²) in [4.78, 5) is 28.0. The lowest BCUT2D eigenvalue weighted by Crippen LogP contribution is -2.32. The summed E-state index contributed by atoms with van der Waals surface area (Å²) in [5.41, 5.74) is 3.46. The molecule has 0 aromatic heterocycles. The SMILES string of the molecule is COc1ccc(C(CC(=O)Nc2ccc(F)cc2C)N2Cc3ccccc3C2=O)cc1OC. The number of carbonyl (C=O) groups excluding carboxylic acids is 2. The molecule has 1 atom stereocenters. The van der Waals surface area contributed by atoms with E-state index in [-0.39, 0.29) is 24.1 Å². The quantitative estimate of drug-likeness (QED) is 0.560. The van der Waals surface area contributed by atoms with Gasteiger partial charge in [0.05, 0.1) is 26.7 Å². The van der Waals surface area contributed by atoms with E-state index in [4.69, 9.17) is 9.47 Å². The lowest BCUT2D eigenvalue weighted by molar-refractivity contribution is -0.117. The third-order valence-electron chi connectivity index (χ3n) is 5.86. The molecule has 3 aromatic rings. The molecule has 170 valence electrons. The second-order valence-electron chi connectivity index (χ2n) is 7.93. The Balaban J connectivity index is 1.66. The highest BCUT2D eigenvalue weighted by molar-refractivity contribution is 5.99. The van der Waals surface area contributed by atoms with Crippen molar-refractivity contribution in [2.24, 2.45) is 0 Å². The third kappa shape index (κ3) is 4.53. The van der Waals surface area contributed by atoms with E-state index in [1.54, 1.807) is 37.1 Å². The molecular weight excluding hydrogens is 423 g/mol. The van der Waals surface area contributed by atoms with Crippen molar-refractivity contribution in [2.45, 2.75) is 25.9 Å². The summed E-state index contributed by atoms with van der Waals surface area (Å²) in [6.45, 7) is 2.13. The van der Waals surface area contributed by atoms with E-state index in [1.165, 1.54) is 25.3 Å². The van der Waals surface area contributed by atoms with Crippen LogP contribution in [0.15, 0.2) is 60.7 Å². The molecule has 7 heteroatoms. The maximum absolute atomic E-state index is 13.4. The van der Waals surface area contributed by atoms with Crippen LogP contribution in [0.2, 0.25) is 0 Å². The van der Waals surface area contributed by atoms with Crippen LogP contribution in [0.25, 0.3) is 0 Å². The van der Waals surface area contributed by atoms with Crippen molar-refractivity contribution in [1.82, 2.24) is 4.90 Å². The fourth-order valence-electron chi connectivity index (χ4n) is 4.14. The Kier molecular flexibility index (Phi) is 6.31. The number of ether oxygens (including phenoxy) is 2. The van der Waals surface area contributed by atoms with E-state index in [1.807, 2.05) is 24.3 Å². The van der Waals surface area contributed by atoms with E-state index in [0.717, 1.165) is 11.1 Å². The molecule has 1 aliphatic rings. The first-order valence-corrected chi connectivity index (χ1v) is 10.6. The molecule has 0 aliphatic carbocycles. The van der Waals surface area contributed by atoms with Gasteiger partial charge in [0.25, 0.3) is 5.91 Å². The van der Waals surface area contributed by atoms with Crippen molar-refractivity contribution < 1.29 is 23.5 Å². The first-order valence-electron chi connectivity index (χ1n) is 10.6. The molecule has 0 radical (unpaired) electrons. The van der Waals surface area contributed by atoms with E-state index >= 15 is 0 Å². The van der Waals surface area contributed by atoms with Crippen molar-refractivity contribution in [2.75, 3.05) is 19.5 Å². The Morgan fingerprint density at radius 3 is 2.52 bits per heavy atom. The molecule has 0 spiro atoms. The number of anilines is 1. The number of rotatable bonds is 7. The zero-order chi connectivity index (χ0) is 23.5. The Bertz CT molecular complexity index is 1210. The average Bonchev–Trinajstić information content (AvgIpc) is 3.15. The number of hydrogen-bond acceptors (Lipinski definition) is 4. The molecule has 0 saturated carbocycles. The van der Waals surface area contributed by atoms with Gasteiger partial charge in [0, 0.05) is 17.8 Å². The fourth-order valence-corrected chi connectivity index (χ4v) is 4.14. The normalized spacial score (nSPS) is 13.5. The van der Waals surface area contributed by atoms with Gasteiger partial charge in [-0.2, -0.15) is 0 Å². The molecule has 1 unspecified atom stereocenters. The van der Waals surface area contributed by atoms with Crippen LogP contribution in [0, 0.1) is 12.7 Å². The largest absolute Gasteiger partial charge is 0.493 e. The Hall–Kier alpha value is -3.87.